The lowest BCUT2D eigenvalue weighted by atomic mass is 10.0. The summed E-state index contributed by atoms with van der Waals surface area (Å²) in [6.45, 7) is 1.87. The Labute approximate surface area is 357 Å². The maximum Gasteiger partial charge on any atom is 0.407 e. The van der Waals surface area contributed by atoms with Crippen LogP contribution < -0.4 is 10.6 Å². The highest BCUT2D eigenvalue weighted by molar-refractivity contribution is 5.86. The fourth-order valence-electron chi connectivity index (χ4n) is 9.97. The average molecular weight is 825 g/mol. The van der Waals surface area contributed by atoms with Gasteiger partial charge in [-0.25, -0.2) is 14.8 Å². The van der Waals surface area contributed by atoms with Crippen molar-refractivity contribution in [1.29, 1.82) is 0 Å². The molecule has 0 saturated carbocycles. The molecular formula is C48H56N8O5. The zero-order chi connectivity index (χ0) is 41.7. The normalized spacial score (nSPS) is 24.1. The molecule has 2 bridgehead atoms. The van der Waals surface area contributed by atoms with Gasteiger partial charge in [-0.05, 0) is 85.6 Å². The minimum atomic E-state index is -0.698. The van der Waals surface area contributed by atoms with Gasteiger partial charge < -0.3 is 35.0 Å². The molecule has 0 radical (unpaired) electrons. The molecule has 2 aromatic heterocycles. The van der Waals surface area contributed by atoms with Crippen LogP contribution in [0.4, 0.5) is 4.79 Å². The predicted molar refractivity (Wildman–Crippen MR) is 232 cm³/mol. The second-order valence-electron chi connectivity index (χ2n) is 16.9. The number of H-pyrrole nitrogens is 2. The molecular weight excluding hydrogens is 769 g/mol. The van der Waals surface area contributed by atoms with Crippen LogP contribution in [0.3, 0.4) is 0 Å². The van der Waals surface area contributed by atoms with Crippen LogP contribution in [-0.2, 0) is 19.1 Å². The molecule has 13 nitrogen and oxygen atoms in total. The van der Waals surface area contributed by atoms with Gasteiger partial charge in [-0.2, -0.15) is 0 Å². The van der Waals surface area contributed by atoms with Gasteiger partial charge in [0.2, 0.25) is 11.8 Å². The first-order chi connectivity index (χ1) is 29.9. The molecule has 4 saturated heterocycles. The van der Waals surface area contributed by atoms with Crippen molar-refractivity contribution < 1.29 is 23.9 Å². The van der Waals surface area contributed by atoms with E-state index < -0.39 is 18.2 Å². The monoisotopic (exact) mass is 824 g/mol. The Balaban J connectivity index is 0.859. The highest BCUT2D eigenvalue weighted by atomic mass is 16.5. The maximum atomic E-state index is 14.6. The number of rotatable bonds is 9. The van der Waals surface area contributed by atoms with E-state index in [1.807, 2.05) is 12.3 Å². The van der Waals surface area contributed by atoms with E-state index in [0.717, 1.165) is 83.7 Å². The van der Waals surface area contributed by atoms with Crippen LogP contribution in [0.15, 0.2) is 91.3 Å². The van der Waals surface area contributed by atoms with Gasteiger partial charge in [0.1, 0.15) is 23.7 Å². The molecule has 9 rings (SSSR count). The number of carbonyl (C=O) groups is 3. The Morgan fingerprint density at radius 2 is 1.34 bits per heavy atom. The van der Waals surface area contributed by atoms with Crippen molar-refractivity contribution in [3.63, 3.8) is 0 Å². The van der Waals surface area contributed by atoms with Crippen LogP contribution in [0.2, 0.25) is 0 Å². The number of aromatic amines is 2. The Morgan fingerprint density at radius 3 is 2.00 bits per heavy atom. The molecule has 4 fully saturated rings. The first-order valence-electron chi connectivity index (χ1n) is 22.1. The molecule has 0 aliphatic carbocycles. The average Bonchev–Trinajstić information content (AvgIpc) is 4.17. The third-order valence-electron chi connectivity index (χ3n) is 13.2. The zero-order valence-electron chi connectivity index (χ0n) is 34.9. The number of hydrogen-bond donors (Lipinski definition) is 4. The first-order valence-corrected chi connectivity index (χ1v) is 22.1. The summed E-state index contributed by atoms with van der Waals surface area (Å²) < 4.78 is 10.6. The lowest BCUT2D eigenvalue weighted by molar-refractivity contribution is -0.139. The van der Waals surface area contributed by atoms with E-state index in [2.05, 4.69) is 108 Å². The van der Waals surface area contributed by atoms with Gasteiger partial charge in [-0.1, -0.05) is 91.7 Å². The summed E-state index contributed by atoms with van der Waals surface area (Å²) in [7, 11) is 1.29. The van der Waals surface area contributed by atoms with Crippen molar-refractivity contribution in [3.8, 4) is 33.6 Å². The largest absolute Gasteiger partial charge is 0.453 e. The first kappa shape index (κ1) is 40.6. The summed E-state index contributed by atoms with van der Waals surface area (Å²) in [5.74, 6) is 1.40. The molecule has 3 amide bonds. The van der Waals surface area contributed by atoms with E-state index in [0.29, 0.717) is 44.0 Å². The molecule has 4 aliphatic rings. The van der Waals surface area contributed by atoms with Crippen molar-refractivity contribution in [2.45, 2.75) is 107 Å². The van der Waals surface area contributed by atoms with Gasteiger partial charge >= 0.3 is 6.09 Å². The number of fused-ring (bicyclic) bond motifs is 2. The van der Waals surface area contributed by atoms with Gasteiger partial charge in [0, 0.05) is 31.8 Å². The highest BCUT2D eigenvalue weighted by Gasteiger charge is 2.48. The lowest BCUT2D eigenvalue weighted by Gasteiger charge is -2.35. The summed E-state index contributed by atoms with van der Waals surface area (Å²) in [4.78, 5) is 61.1. The van der Waals surface area contributed by atoms with Crippen molar-refractivity contribution >= 4 is 17.9 Å². The number of ether oxygens (including phenoxy) is 2. The summed E-state index contributed by atoms with van der Waals surface area (Å²) in [5.41, 5.74) is 7.02. The molecule has 4 aliphatic heterocycles. The number of alkyl carbamates (subject to hydrolysis) is 1. The minimum absolute atomic E-state index is 0.0769. The van der Waals surface area contributed by atoms with Crippen LogP contribution in [0.25, 0.3) is 33.6 Å². The van der Waals surface area contributed by atoms with Gasteiger partial charge in [0.15, 0.2) is 0 Å². The van der Waals surface area contributed by atoms with Crippen LogP contribution in [0.1, 0.15) is 106 Å². The lowest BCUT2D eigenvalue weighted by Crippen LogP contribution is -2.48. The van der Waals surface area contributed by atoms with E-state index >= 15 is 0 Å². The third kappa shape index (κ3) is 8.85. The maximum absolute atomic E-state index is 14.6. The molecule has 61 heavy (non-hydrogen) atoms. The van der Waals surface area contributed by atoms with Gasteiger partial charge in [0.25, 0.3) is 0 Å². The van der Waals surface area contributed by atoms with Gasteiger partial charge in [0.05, 0.1) is 43.0 Å². The van der Waals surface area contributed by atoms with Crippen molar-refractivity contribution in [3.05, 3.63) is 108 Å². The van der Waals surface area contributed by atoms with Crippen LogP contribution >= 0.6 is 0 Å². The number of likely N-dealkylation sites (tertiary alicyclic amines) is 1. The number of nitrogens with zero attached hydrogens (tertiary/aromatic N) is 4. The number of methoxy groups -OCH3 is 1. The number of amides is 3. The van der Waals surface area contributed by atoms with E-state index in [9.17, 15) is 14.4 Å². The molecule has 4 atom stereocenters. The SMILES string of the molecule is COC(=O)N[C@H]1CCCCCOCC[C@@H](c2ncc(-c3ccc(-c4ccc(-c5cnc([C@@H]6CCCN6C(=O)[C@H](c6ccccc6)N6C7CCC6CC7)[nH]5)cc4)cc3)[nH]2)NC1=O. The van der Waals surface area contributed by atoms with Gasteiger partial charge in [-0.15, -0.1) is 0 Å². The van der Waals surface area contributed by atoms with Crippen molar-refractivity contribution in [2.75, 3.05) is 26.9 Å². The highest BCUT2D eigenvalue weighted by Crippen LogP contribution is 2.45. The Hall–Kier alpha value is -5.79. The molecule has 0 unspecified atom stereocenters. The summed E-state index contributed by atoms with van der Waals surface area (Å²) in [5, 5.41) is 5.77. The zero-order valence-corrected chi connectivity index (χ0v) is 34.9. The van der Waals surface area contributed by atoms with Crippen LogP contribution in [0, 0.1) is 0 Å². The Morgan fingerprint density at radius 1 is 0.721 bits per heavy atom. The number of hydrogen-bond acceptors (Lipinski definition) is 8. The minimum Gasteiger partial charge on any atom is -0.453 e. The molecule has 318 valence electrons. The van der Waals surface area contributed by atoms with Crippen molar-refractivity contribution in [2.24, 2.45) is 0 Å². The molecule has 6 heterocycles. The number of aromatic nitrogens is 4. The van der Waals surface area contributed by atoms with E-state index in [-0.39, 0.29) is 23.9 Å². The standard InChI is InChI=1S/C48H56N8O5/c1-60-48(59)54-39-11-6-3-7-27-61-28-25-38(53-46(39)57)44-49-29-40(51-44)33-17-13-31(14-18-33)32-15-19-34(20-16-32)41-30-50-45(52-41)42-12-8-26-55(42)47(58)43(35-9-4-2-5-10-35)56-36-21-22-37(56)24-23-36/h2,4-5,9-10,13-20,29-30,36-39,42-43H,3,6-8,11-12,21-28H2,1H3,(H,49,51)(H,50,52)(H,53,57)(H,54,59)/t36?,37?,38-,39-,42-,43-/m0/s1. The van der Waals surface area contributed by atoms with Crippen molar-refractivity contribution in [1.82, 2.24) is 40.4 Å². The second-order valence-corrected chi connectivity index (χ2v) is 16.9. The quantitative estimate of drug-likeness (QED) is 0.116. The molecule has 0 spiro atoms. The molecule has 4 N–H and O–H groups in total. The third-order valence-corrected chi connectivity index (χ3v) is 13.2. The number of imidazole rings is 2. The summed E-state index contributed by atoms with van der Waals surface area (Å²) in [6, 6.07) is 26.7. The van der Waals surface area contributed by atoms with E-state index in [4.69, 9.17) is 14.5 Å². The van der Waals surface area contributed by atoms with Crippen LogP contribution in [-0.4, -0.2) is 92.6 Å². The number of nitrogens with one attached hydrogen (secondary N) is 4. The number of benzene rings is 3. The fraction of sp³-hybridized carbons (Fsp3) is 0.438. The number of carbonyl (C=O) groups excluding carboxylic acids is 3. The van der Waals surface area contributed by atoms with Gasteiger partial charge in [-0.3, -0.25) is 14.5 Å². The molecule has 3 aromatic carbocycles. The summed E-state index contributed by atoms with van der Waals surface area (Å²) >= 11 is 0. The van der Waals surface area contributed by atoms with E-state index in [1.165, 1.54) is 32.8 Å². The topological polar surface area (TPSA) is 158 Å². The Kier molecular flexibility index (Phi) is 12.3. The van der Waals surface area contributed by atoms with E-state index in [1.54, 1.807) is 6.20 Å². The molecule has 5 aromatic rings. The fourth-order valence-corrected chi connectivity index (χ4v) is 9.97. The predicted octanol–water partition coefficient (Wildman–Crippen LogP) is 8.03. The second kappa shape index (κ2) is 18.4. The summed E-state index contributed by atoms with van der Waals surface area (Å²) in [6.07, 6.45) is 13.3. The Bertz CT molecular complexity index is 2250. The smallest absolute Gasteiger partial charge is 0.407 e. The van der Waals surface area contributed by atoms with Crippen LogP contribution in [0.5, 0.6) is 0 Å². The molecule has 13 heteroatoms.